The van der Waals surface area contributed by atoms with Gasteiger partial charge in [-0.05, 0) is 59.9 Å². The van der Waals surface area contributed by atoms with Gasteiger partial charge in [0, 0.05) is 31.6 Å². The van der Waals surface area contributed by atoms with Gasteiger partial charge < -0.3 is 5.32 Å². The maximum absolute atomic E-state index is 14.3. The zero-order chi connectivity index (χ0) is 20.3. The van der Waals surface area contributed by atoms with E-state index in [1.807, 2.05) is 13.0 Å². The first kappa shape index (κ1) is 20.0. The summed E-state index contributed by atoms with van der Waals surface area (Å²) in [5, 5.41) is 2.48. The van der Waals surface area contributed by atoms with Crippen LogP contribution in [0.1, 0.15) is 22.3 Å². The van der Waals surface area contributed by atoms with Crippen LogP contribution in [0.4, 0.5) is 23.2 Å². The number of pyridine rings is 1. The van der Waals surface area contributed by atoms with Crippen molar-refractivity contribution >= 4 is 17.7 Å². The number of rotatable bonds is 4. The number of carbonyl (C=O) groups excluding carboxylic acids is 1. The van der Waals surface area contributed by atoms with Crippen molar-refractivity contribution in [3.8, 4) is 0 Å². The molecule has 2 heterocycles. The van der Waals surface area contributed by atoms with Crippen molar-refractivity contribution in [1.29, 1.82) is 0 Å². The van der Waals surface area contributed by atoms with Gasteiger partial charge in [0.15, 0.2) is 0 Å². The number of alkyl halides is 3. The average Bonchev–Trinajstić information content (AvgIpc) is 2.60. The molecule has 1 N–H and O–H groups in total. The first-order valence-corrected chi connectivity index (χ1v) is 8.71. The molecule has 0 spiro atoms. The lowest BCUT2D eigenvalue weighted by molar-refractivity contribution is -0.147. The number of benzene rings is 1. The van der Waals surface area contributed by atoms with Gasteiger partial charge >= 0.3 is 6.18 Å². The summed E-state index contributed by atoms with van der Waals surface area (Å²) in [6, 6.07) is 4.50. The van der Waals surface area contributed by atoms with Gasteiger partial charge in [-0.15, -0.1) is 0 Å². The monoisotopic (exact) mass is 393 g/mol. The summed E-state index contributed by atoms with van der Waals surface area (Å²) in [6.07, 6.45) is 2.20. The van der Waals surface area contributed by atoms with E-state index in [1.165, 1.54) is 23.1 Å². The van der Waals surface area contributed by atoms with Crippen molar-refractivity contribution in [2.24, 2.45) is 0 Å². The van der Waals surface area contributed by atoms with Crippen molar-refractivity contribution in [2.75, 3.05) is 18.4 Å². The second-order valence-electron chi connectivity index (χ2n) is 6.73. The Labute approximate surface area is 159 Å². The maximum atomic E-state index is 14.3. The largest absolute Gasteiger partial charge is 0.401 e. The summed E-state index contributed by atoms with van der Waals surface area (Å²) in [4.78, 5) is 17.3. The van der Waals surface area contributed by atoms with Crippen LogP contribution >= 0.6 is 0 Å². The summed E-state index contributed by atoms with van der Waals surface area (Å²) in [5.41, 5.74) is 2.98. The third-order valence-corrected chi connectivity index (χ3v) is 4.54. The Bertz CT molecular complexity index is 909. The second-order valence-corrected chi connectivity index (χ2v) is 6.73. The lowest BCUT2D eigenvalue weighted by atomic mass is 9.98. The summed E-state index contributed by atoms with van der Waals surface area (Å²) in [6.45, 7) is 1.11. The third-order valence-electron chi connectivity index (χ3n) is 4.54. The number of hydrogen-bond acceptors (Lipinski definition) is 3. The van der Waals surface area contributed by atoms with E-state index in [2.05, 4.69) is 10.3 Å². The van der Waals surface area contributed by atoms with E-state index < -0.39 is 24.4 Å². The molecule has 3 rings (SSSR count). The maximum Gasteiger partial charge on any atom is 0.401 e. The fourth-order valence-electron chi connectivity index (χ4n) is 3.11. The van der Waals surface area contributed by atoms with Crippen molar-refractivity contribution in [3.63, 3.8) is 0 Å². The molecule has 8 heteroatoms. The quantitative estimate of drug-likeness (QED) is 0.628. The molecule has 28 heavy (non-hydrogen) atoms. The molecule has 1 aliphatic heterocycles. The fourth-order valence-corrected chi connectivity index (χ4v) is 3.11. The Morgan fingerprint density at radius 3 is 2.82 bits per heavy atom. The minimum absolute atomic E-state index is 0.0144. The van der Waals surface area contributed by atoms with Crippen LogP contribution in [0.15, 0.2) is 36.7 Å². The highest BCUT2D eigenvalue weighted by Crippen LogP contribution is 2.27. The van der Waals surface area contributed by atoms with Crippen LogP contribution in [0, 0.1) is 12.7 Å². The molecular formula is C20H19F4N3O. The Hall–Kier alpha value is -2.74. The van der Waals surface area contributed by atoms with E-state index in [9.17, 15) is 22.4 Å². The Kier molecular flexibility index (Phi) is 5.79. The van der Waals surface area contributed by atoms with Gasteiger partial charge in [-0.2, -0.15) is 13.2 Å². The van der Waals surface area contributed by atoms with Crippen molar-refractivity contribution < 1.29 is 22.4 Å². The number of anilines is 1. The van der Waals surface area contributed by atoms with Gasteiger partial charge in [0.1, 0.15) is 5.82 Å². The van der Waals surface area contributed by atoms with Gasteiger partial charge in [0.25, 0.3) is 0 Å². The van der Waals surface area contributed by atoms with E-state index in [4.69, 9.17) is 0 Å². The van der Waals surface area contributed by atoms with Crippen LogP contribution < -0.4 is 5.32 Å². The third kappa shape index (κ3) is 5.16. The zero-order valence-electron chi connectivity index (χ0n) is 15.2. The SMILES string of the molecule is Cc1ccncc1/C=C/C(=O)Nc1cc2c(cc1F)CN(CC(F)(F)F)CC2. The number of aromatic nitrogens is 1. The predicted octanol–water partition coefficient (Wildman–Crippen LogP) is 4.10. The molecule has 0 saturated carbocycles. The predicted molar refractivity (Wildman–Crippen MR) is 98.1 cm³/mol. The Balaban J connectivity index is 1.69. The summed E-state index contributed by atoms with van der Waals surface area (Å²) in [5.74, 6) is -1.18. The first-order chi connectivity index (χ1) is 13.2. The number of nitrogens with one attached hydrogen (secondary N) is 1. The first-order valence-electron chi connectivity index (χ1n) is 8.71. The Morgan fingerprint density at radius 1 is 1.32 bits per heavy atom. The van der Waals surface area contributed by atoms with Crippen LogP contribution in [0.25, 0.3) is 6.08 Å². The highest BCUT2D eigenvalue weighted by molar-refractivity contribution is 6.02. The average molecular weight is 393 g/mol. The number of halogens is 4. The number of aryl methyl sites for hydroxylation is 1. The molecule has 1 aromatic heterocycles. The molecule has 0 aliphatic carbocycles. The van der Waals surface area contributed by atoms with E-state index in [0.29, 0.717) is 12.0 Å². The minimum atomic E-state index is -4.29. The topological polar surface area (TPSA) is 45.2 Å². The Morgan fingerprint density at radius 2 is 2.11 bits per heavy atom. The zero-order valence-corrected chi connectivity index (χ0v) is 15.2. The molecule has 148 valence electrons. The molecule has 0 atom stereocenters. The summed E-state index contributed by atoms with van der Waals surface area (Å²) < 4.78 is 52.0. The standard InChI is InChI=1S/C20H19F4N3O/c1-13-4-6-25-10-15(13)2-3-19(28)26-18-9-14-5-7-27(12-20(22,23)24)11-16(14)8-17(18)21/h2-4,6,8-10H,5,7,11-12H2,1H3,(H,26,28)/b3-2+. The van der Waals surface area contributed by atoms with Crippen LogP contribution in [0.5, 0.6) is 0 Å². The molecule has 2 aromatic rings. The van der Waals surface area contributed by atoms with E-state index in [1.54, 1.807) is 18.5 Å². The molecule has 1 aliphatic rings. The van der Waals surface area contributed by atoms with E-state index in [-0.39, 0.29) is 18.8 Å². The normalized spacial score (nSPS) is 14.9. The number of carbonyl (C=O) groups is 1. The highest BCUT2D eigenvalue weighted by atomic mass is 19.4. The number of hydrogen-bond donors (Lipinski definition) is 1. The summed E-state index contributed by atoms with van der Waals surface area (Å²) in [7, 11) is 0. The van der Waals surface area contributed by atoms with Crippen LogP contribution in [0.3, 0.4) is 0 Å². The molecule has 4 nitrogen and oxygen atoms in total. The van der Waals surface area contributed by atoms with Gasteiger partial charge in [0.2, 0.25) is 5.91 Å². The molecule has 1 aromatic carbocycles. The van der Waals surface area contributed by atoms with Crippen molar-refractivity contribution in [3.05, 3.63) is 64.7 Å². The molecule has 0 radical (unpaired) electrons. The number of amides is 1. The second kappa shape index (κ2) is 8.10. The van der Waals surface area contributed by atoms with Gasteiger partial charge in [-0.3, -0.25) is 14.7 Å². The number of nitrogens with zero attached hydrogens (tertiary/aromatic N) is 2. The van der Waals surface area contributed by atoms with Gasteiger partial charge in [-0.25, -0.2) is 4.39 Å². The van der Waals surface area contributed by atoms with Crippen LogP contribution in [0.2, 0.25) is 0 Å². The van der Waals surface area contributed by atoms with Crippen LogP contribution in [-0.2, 0) is 17.8 Å². The smallest absolute Gasteiger partial charge is 0.320 e. The lowest BCUT2D eigenvalue weighted by Crippen LogP contribution is -2.38. The molecule has 0 unspecified atom stereocenters. The molecule has 0 bridgehead atoms. The summed E-state index contributed by atoms with van der Waals surface area (Å²) >= 11 is 0. The van der Waals surface area contributed by atoms with Gasteiger partial charge in [-0.1, -0.05) is 0 Å². The van der Waals surface area contributed by atoms with Crippen molar-refractivity contribution in [2.45, 2.75) is 26.1 Å². The minimum Gasteiger partial charge on any atom is -0.320 e. The van der Waals surface area contributed by atoms with Crippen molar-refractivity contribution in [1.82, 2.24) is 9.88 Å². The van der Waals surface area contributed by atoms with Gasteiger partial charge in [0.05, 0.1) is 12.2 Å². The number of fused-ring (bicyclic) bond motifs is 1. The molecular weight excluding hydrogens is 374 g/mol. The van der Waals surface area contributed by atoms with Crippen LogP contribution in [-0.4, -0.2) is 35.1 Å². The molecule has 0 fully saturated rings. The van der Waals surface area contributed by atoms with E-state index >= 15 is 0 Å². The molecule has 0 saturated heterocycles. The highest BCUT2D eigenvalue weighted by Gasteiger charge is 2.32. The lowest BCUT2D eigenvalue weighted by Gasteiger charge is -2.29. The fraction of sp³-hybridized carbons (Fsp3) is 0.300. The molecule has 1 amide bonds. The van der Waals surface area contributed by atoms with E-state index in [0.717, 1.165) is 16.7 Å².